The fraction of sp³-hybridized carbons (Fsp3) is 0.571. The topological polar surface area (TPSA) is 49.9 Å². The van der Waals surface area contributed by atoms with Crippen molar-refractivity contribution in [2.24, 2.45) is 0 Å². The first-order chi connectivity index (χ1) is 10.0. The van der Waals surface area contributed by atoms with E-state index in [0.29, 0.717) is 19.1 Å². The number of likely N-dealkylation sites (tertiary alicyclic amines) is 1. The molecule has 1 aromatic rings. The zero-order valence-corrected chi connectivity index (χ0v) is 12.8. The Kier molecular flexibility index (Phi) is 3.90. The van der Waals surface area contributed by atoms with E-state index in [1.165, 1.54) is 36.4 Å². The van der Waals surface area contributed by atoms with E-state index in [2.05, 4.69) is 4.90 Å². The molecular weight excluding hydrogens is 295 g/mol. The lowest BCUT2D eigenvalue weighted by Crippen LogP contribution is -2.60. The van der Waals surface area contributed by atoms with E-state index >= 15 is 0 Å². The Morgan fingerprint density at radius 1 is 1.24 bits per heavy atom. The van der Waals surface area contributed by atoms with Gasteiger partial charge in [0.15, 0.2) is 11.6 Å². The molecular formula is C14H19FN2O3S. The van der Waals surface area contributed by atoms with Gasteiger partial charge in [0.25, 0.3) is 0 Å². The van der Waals surface area contributed by atoms with Crippen molar-refractivity contribution in [2.75, 3.05) is 33.3 Å². The van der Waals surface area contributed by atoms with Crippen LogP contribution in [0.3, 0.4) is 0 Å². The van der Waals surface area contributed by atoms with Crippen LogP contribution in [0.4, 0.5) is 4.39 Å². The molecule has 3 rings (SSSR count). The molecule has 2 heterocycles. The quantitative estimate of drug-likeness (QED) is 0.841. The van der Waals surface area contributed by atoms with Gasteiger partial charge in [-0.1, -0.05) is 0 Å². The van der Waals surface area contributed by atoms with Gasteiger partial charge in [-0.2, -0.15) is 4.31 Å². The number of hydrogen-bond donors (Lipinski definition) is 0. The number of ether oxygens (including phenoxy) is 1. The molecule has 0 unspecified atom stereocenters. The fourth-order valence-electron chi connectivity index (χ4n) is 2.91. The van der Waals surface area contributed by atoms with Crippen molar-refractivity contribution in [3.8, 4) is 5.75 Å². The molecule has 2 aliphatic heterocycles. The van der Waals surface area contributed by atoms with Crippen molar-refractivity contribution in [1.82, 2.24) is 9.21 Å². The molecule has 0 aromatic heterocycles. The largest absolute Gasteiger partial charge is 0.494 e. The van der Waals surface area contributed by atoms with E-state index in [0.717, 1.165) is 19.2 Å². The molecule has 21 heavy (non-hydrogen) atoms. The summed E-state index contributed by atoms with van der Waals surface area (Å²) in [6.07, 6.45) is 2.37. The minimum Gasteiger partial charge on any atom is -0.494 e. The number of nitrogens with zero attached hydrogens (tertiary/aromatic N) is 2. The summed E-state index contributed by atoms with van der Waals surface area (Å²) in [5, 5.41) is 0. The summed E-state index contributed by atoms with van der Waals surface area (Å²) in [5.74, 6) is -0.609. The highest BCUT2D eigenvalue weighted by molar-refractivity contribution is 7.89. The second-order valence-corrected chi connectivity index (χ2v) is 7.45. The normalized spacial score (nSPS) is 21.4. The first kappa shape index (κ1) is 14.7. The molecule has 2 fully saturated rings. The van der Waals surface area contributed by atoms with Crippen LogP contribution in [-0.4, -0.2) is 57.0 Å². The SMILES string of the molecule is COc1ccc(S(=O)(=O)N2CC(N3CCCC3)C2)cc1F. The van der Waals surface area contributed by atoms with Gasteiger partial charge in [0.1, 0.15) is 0 Å². The standard InChI is InChI=1S/C14H19FN2O3S/c1-20-14-5-4-12(8-13(14)15)21(18,19)17-9-11(10-17)16-6-2-3-7-16/h4-5,8,11H,2-3,6-7,9-10H2,1H3. The smallest absolute Gasteiger partial charge is 0.243 e. The molecule has 2 saturated heterocycles. The van der Waals surface area contributed by atoms with Crippen LogP contribution in [-0.2, 0) is 10.0 Å². The van der Waals surface area contributed by atoms with Gasteiger partial charge in [0.05, 0.1) is 12.0 Å². The van der Waals surface area contributed by atoms with Crippen LogP contribution in [0.1, 0.15) is 12.8 Å². The van der Waals surface area contributed by atoms with Gasteiger partial charge in [0.2, 0.25) is 10.0 Å². The van der Waals surface area contributed by atoms with Gasteiger partial charge in [-0.05, 0) is 44.1 Å². The summed E-state index contributed by atoms with van der Waals surface area (Å²) in [6.45, 7) is 3.09. The third-order valence-corrected chi connectivity index (χ3v) is 6.07. The van der Waals surface area contributed by atoms with Gasteiger partial charge < -0.3 is 4.74 Å². The summed E-state index contributed by atoms with van der Waals surface area (Å²) in [5.41, 5.74) is 0. The lowest BCUT2D eigenvalue weighted by atomic mass is 10.1. The monoisotopic (exact) mass is 314 g/mol. The zero-order chi connectivity index (χ0) is 15.0. The predicted octanol–water partition coefficient (Wildman–Crippen LogP) is 1.30. The number of sulfonamides is 1. The Balaban J connectivity index is 1.71. The average molecular weight is 314 g/mol. The van der Waals surface area contributed by atoms with Gasteiger partial charge >= 0.3 is 0 Å². The highest BCUT2D eigenvalue weighted by Crippen LogP contribution is 2.28. The van der Waals surface area contributed by atoms with Crippen LogP contribution in [0.25, 0.3) is 0 Å². The van der Waals surface area contributed by atoms with Crippen LogP contribution in [0.5, 0.6) is 5.75 Å². The number of hydrogen-bond acceptors (Lipinski definition) is 4. The molecule has 0 aliphatic carbocycles. The predicted molar refractivity (Wildman–Crippen MR) is 76.3 cm³/mol. The molecule has 0 spiro atoms. The molecule has 2 aliphatic rings. The third-order valence-electron chi connectivity index (χ3n) is 4.25. The van der Waals surface area contributed by atoms with E-state index in [4.69, 9.17) is 4.74 Å². The third kappa shape index (κ3) is 2.65. The fourth-order valence-corrected chi connectivity index (χ4v) is 4.43. The summed E-state index contributed by atoms with van der Waals surface area (Å²) in [6, 6.07) is 4.07. The lowest BCUT2D eigenvalue weighted by Gasteiger charge is -2.42. The van der Waals surface area contributed by atoms with Crippen LogP contribution < -0.4 is 4.74 Å². The second-order valence-electron chi connectivity index (χ2n) is 5.52. The highest BCUT2D eigenvalue weighted by Gasteiger charge is 2.40. The van der Waals surface area contributed by atoms with E-state index in [1.807, 2.05) is 0 Å². The van der Waals surface area contributed by atoms with Gasteiger partial charge in [0, 0.05) is 19.1 Å². The Hall–Kier alpha value is -1.18. The van der Waals surface area contributed by atoms with Gasteiger partial charge in [-0.3, -0.25) is 4.90 Å². The molecule has 0 saturated carbocycles. The van der Waals surface area contributed by atoms with Crippen LogP contribution in [0.15, 0.2) is 23.1 Å². The molecule has 116 valence electrons. The maximum Gasteiger partial charge on any atom is 0.243 e. The number of benzene rings is 1. The van der Waals surface area contributed by atoms with Crippen molar-refractivity contribution in [2.45, 2.75) is 23.8 Å². The Bertz CT molecular complexity index is 623. The maximum absolute atomic E-state index is 13.7. The van der Waals surface area contributed by atoms with E-state index in [-0.39, 0.29) is 10.6 Å². The van der Waals surface area contributed by atoms with Crippen molar-refractivity contribution < 1.29 is 17.5 Å². The molecule has 0 radical (unpaired) electrons. The lowest BCUT2D eigenvalue weighted by molar-refractivity contribution is 0.110. The molecule has 5 nitrogen and oxygen atoms in total. The Morgan fingerprint density at radius 2 is 1.90 bits per heavy atom. The summed E-state index contributed by atoms with van der Waals surface area (Å²) in [7, 11) is -2.25. The Morgan fingerprint density at radius 3 is 2.48 bits per heavy atom. The van der Waals surface area contributed by atoms with Crippen molar-refractivity contribution in [1.29, 1.82) is 0 Å². The minimum absolute atomic E-state index is 0.0133. The highest BCUT2D eigenvalue weighted by atomic mass is 32.2. The first-order valence-corrected chi connectivity index (χ1v) is 8.54. The number of methoxy groups -OCH3 is 1. The second kappa shape index (κ2) is 5.55. The molecule has 0 amide bonds. The van der Waals surface area contributed by atoms with Crippen LogP contribution >= 0.6 is 0 Å². The summed E-state index contributed by atoms with van der Waals surface area (Å²) < 4.78 is 44.7. The first-order valence-electron chi connectivity index (χ1n) is 7.10. The molecule has 0 N–H and O–H groups in total. The molecule has 1 aromatic carbocycles. The van der Waals surface area contributed by atoms with Gasteiger partial charge in [-0.15, -0.1) is 0 Å². The summed E-state index contributed by atoms with van der Waals surface area (Å²) in [4.78, 5) is 2.32. The van der Waals surface area contributed by atoms with E-state index < -0.39 is 15.8 Å². The van der Waals surface area contributed by atoms with Crippen molar-refractivity contribution >= 4 is 10.0 Å². The maximum atomic E-state index is 13.7. The van der Waals surface area contributed by atoms with Crippen molar-refractivity contribution in [3.63, 3.8) is 0 Å². The average Bonchev–Trinajstić information content (AvgIpc) is 2.90. The van der Waals surface area contributed by atoms with E-state index in [1.54, 1.807) is 0 Å². The minimum atomic E-state index is -3.60. The molecule has 0 bridgehead atoms. The van der Waals surface area contributed by atoms with E-state index in [9.17, 15) is 12.8 Å². The number of rotatable bonds is 4. The summed E-state index contributed by atoms with van der Waals surface area (Å²) >= 11 is 0. The zero-order valence-electron chi connectivity index (χ0n) is 12.0. The van der Waals surface area contributed by atoms with Crippen LogP contribution in [0, 0.1) is 5.82 Å². The van der Waals surface area contributed by atoms with Crippen LogP contribution in [0.2, 0.25) is 0 Å². The molecule has 7 heteroatoms. The van der Waals surface area contributed by atoms with Crippen molar-refractivity contribution in [3.05, 3.63) is 24.0 Å². The number of halogens is 1. The van der Waals surface area contributed by atoms with Gasteiger partial charge in [-0.25, -0.2) is 12.8 Å². The molecule has 0 atom stereocenters. The Labute approximate surface area is 124 Å².